The summed E-state index contributed by atoms with van der Waals surface area (Å²) in [5.41, 5.74) is 6.11. The predicted octanol–water partition coefficient (Wildman–Crippen LogP) is 6.01. The van der Waals surface area contributed by atoms with Crippen molar-refractivity contribution in [1.82, 2.24) is 0 Å². The third-order valence-electron chi connectivity index (χ3n) is 5.67. The largest absolute Gasteiger partial charge is 0.508 e. The highest BCUT2D eigenvalue weighted by Gasteiger charge is 2.20. The molecule has 0 aliphatic heterocycles. The number of carbonyl (C=O) groups is 2. The fourth-order valence-electron chi connectivity index (χ4n) is 3.58. The Morgan fingerprint density at radius 3 is 2.09 bits per heavy atom. The molecule has 0 spiro atoms. The van der Waals surface area contributed by atoms with Gasteiger partial charge < -0.3 is 15.9 Å². The molecule has 0 amide bonds. The summed E-state index contributed by atoms with van der Waals surface area (Å²) in [5, 5.41) is 19.0. The maximum absolute atomic E-state index is 11.9. The zero-order chi connectivity index (χ0) is 25.0. The van der Waals surface area contributed by atoms with Crippen molar-refractivity contribution in [3.8, 4) is 11.5 Å². The number of hydrogen-bond donors (Lipinski definition) is 3. The van der Waals surface area contributed by atoms with Gasteiger partial charge in [-0.2, -0.15) is 0 Å². The van der Waals surface area contributed by atoms with Gasteiger partial charge in [-0.05, 0) is 43.7 Å². The van der Waals surface area contributed by atoms with E-state index in [-0.39, 0.29) is 24.3 Å². The predicted molar refractivity (Wildman–Crippen MR) is 133 cm³/mol. The number of benzene rings is 1. The molecule has 1 atom stereocenters. The van der Waals surface area contributed by atoms with E-state index in [9.17, 15) is 19.8 Å². The summed E-state index contributed by atoms with van der Waals surface area (Å²) in [6.07, 6.45) is 20.0. The Bertz CT molecular complexity index is 734. The quantitative estimate of drug-likeness (QED) is 0.103. The van der Waals surface area contributed by atoms with Crippen molar-refractivity contribution in [3.63, 3.8) is 0 Å². The van der Waals surface area contributed by atoms with Crippen molar-refractivity contribution in [3.05, 3.63) is 35.9 Å². The van der Waals surface area contributed by atoms with Crippen molar-refractivity contribution in [2.75, 3.05) is 0 Å². The Hall–Kier alpha value is -2.54. The van der Waals surface area contributed by atoms with Gasteiger partial charge in [-0.15, -0.1) is 0 Å². The van der Waals surface area contributed by atoms with Crippen molar-refractivity contribution in [2.45, 2.75) is 109 Å². The Balaban J connectivity index is 1.99. The summed E-state index contributed by atoms with van der Waals surface area (Å²) in [4.78, 5) is 32.7. The second-order valence-electron chi connectivity index (χ2n) is 8.82. The zero-order valence-electron chi connectivity index (χ0n) is 20.7. The van der Waals surface area contributed by atoms with E-state index in [1.165, 1.54) is 57.1 Å². The maximum atomic E-state index is 11.9. The van der Waals surface area contributed by atoms with E-state index in [0.717, 1.165) is 38.2 Å². The molecular weight excluding hydrogens is 434 g/mol. The van der Waals surface area contributed by atoms with Gasteiger partial charge in [-0.25, -0.2) is 19.4 Å². The number of nitrogens with two attached hydrogens (primary N) is 1. The Labute approximate surface area is 204 Å². The number of rotatable bonds is 18. The third-order valence-corrected chi connectivity index (χ3v) is 5.67. The van der Waals surface area contributed by atoms with Crippen LogP contribution in [0, 0.1) is 0 Å². The smallest absolute Gasteiger partial charge is 0.372 e. The minimum Gasteiger partial charge on any atom is -0.508 e. The van der Waals surface area contributed by atoms with E-state index < -0.39 is 18.0 Å². The van der Waals surface area contributed by atoms with Crippen LogP contribution >= 0.6 is 0 Å². The molecule has 7 heteroatoms. The van der Waals surface area contributed by atoms with Gasteiger partial charge in [0.05, 0.1) is 6.42 Å². The van der Waals surface area contributed by atoms with Crippen LogP contribution in [0.3, 0.4) is 0 Å². The van der Waals surface area contributed by atoms with E-state index in [4.69, 9.17) is 5.73 Å². The van der Waals surface area contributed by atoms with Gasteiger partial charge in [0, 0.05) is 12.5 Å². The lowest BCUT2D eigenvalue weighted by Crippen LogP contribution is -2.34. The standard InChI is InChI=1S/C27H43NO6/c1-2-3-4-5-6-7-8-9-10-11-12-13-14-15-16-17-26(31)33-34-27(32)24(28)20-22-18-19-23(29)21-25(22)30/h9-10,18-19,21,24,29-30H,2-8,11-17,20,28H2,1H3/b10-9-. The van der Waals surface area contributed by atoms with E-state index in [1.54, 1.807) is 0 Å². The van der Waals surface area contributed by atoms with Crippen molar-refractivity contribution >= 4 is 11.9 Å². The molecule has 0 saturated carbocycles. The molecule has 0 fully saturated rings. The first-order valence-electron chi connectivity index (χ1n) is 12.8. The topological polar surface area (TPSA) is 119 Å². The average molecular weight is 478 g/mol. The normalized spacial score (nSPS) is 12.1. The van der Waals surface area contributed by atoms with Crippen LogP contribution in [-0.2, 0) is 25.8 Å². The number of hydrogen-bond acceptors (Lipinski definition) is 7. The van der Waals surface area contributed by atoms with Crippen LogP contribution in [0.25, 0.3) is 0 Å². The molecule has 34 heavy (non-hydrogen) atoms. The number of aromatic hydroxyl groups is 2. The number of carbonyl (C=O) groups excluding carboxylic acids is 2. The molecule has 0 aliphatic rings. The monoisotopic (exact) mass is 477 g/mol. The van der Waals surface area contributed by atoms with Crippen molar-refractivity contribution < 1.29 is 29.6 Å². The summed E-state index contributed by atoms with van der Waals surface area (Å²) < 4.78 is 0. The van der Waals surface area contributed by atoms with Gasteiger partial charge in [0.15, 0.2) is 0 Å². The van der Waals surface area contributed by atoms with Crippen molar-refractivity contribution in [2.24, 2.45) is 5.73 Å². The highest BCUT2D eigenvalue weighted by molar-refractivity contribution is 5.77. The fraction of sp³-hybridized carbons (Fsp3) is 0.630. The minimum atomic E-state index is -1.11. The molecule has 0 heterocycles. The third kappa shape index (κ3) is 14.6. The molecule has 1 unspecified atom stereocenters. The SMILES string of the molecule is CCCCCCCC/C=C\CCCCCCCC(=O)OOC(=O)C(N)Cc1ccc(O)cc1O. The highest BCUT2D eigenvalue weighted by atomic mass is 17.2. The van der Waals surface area contributed by atoms with E-state index >= 15 is 0 Å². The Morgan fingerprint density at radius 2 is 1.47 bits per heavy atom. The molecule has 0 bridgehead atoms. The van der Waals surface area contributed by atoms with Gasteiger partial charge in [-0.3, -0.25) is 0 Å². The summed E-state index contributed by atoms with van der Waals surface area (Å²) in [5.74, 6) is -1.78. The molecule has 0 radical (unpaired) electrons. The van der Waals surface area contributed by atoms with Crippen LogP contribution in [-0.4, -0.2) is 28.2 Å². The molecule has 192 valence electrons. The molecule has 1 rings (SSSR count). The summed E-state index contributed by atoms with van der Waals surface area (Å²) >= 11 is 0. The van der Waals surface area contributed by atoms with Crippen LogP contribution in [0.5, 0.6) is 11.5 Å². The van der Waals surface area contributed by atoms with Gasteiger partial charge in [0.1, 0.15) is 17.5 Å². The van der Waals surface area contributed by atoms with E-state index in [1.807, 2.05) is 0 Å². The van der Waals surface area contributed by atoms with Gasteiger partial charge in [0.2, 0.25) is 0 Å². The second kappa shape index (κ2) is 18.8. The van der Waals surface area contributed by atoms with Crippen LogP contribution in [0.1, 0.15) is 102 Å². The summed E-state index contributed by atoms with van der Waals surface area (Å²) in [6.45, 7) is 2.24. The Kier molecular flexibility index (Phi) is 16.3. The number of phenols is 2. The Morgan fingerprint density at radius 1 is 0.882 bits per heavy atom. The van der Waals surface area contributed by atoms with Gasteiger partial charge in [0.25, 0.3) is 0 Å². The van der Waals surface area contributed by atoms with Crippen LogP contribution < -0.4 is 5.73 Å². The molecule has 0 saturated heterocycles. The molecule has 4 N–H and O–H groups in total. The number of unbranched alkanes of at least 4 members (excludes halogenated alkanes) is 11. The molecule has 1 aromatic carbocycles. The number of allylic oxidation sites excluding steroid dienone is 2. The summed E-state index contributed by atoms with van der Waals surface area (Å²) in [6, 6.07) is 2.88. The molecule has 0 aromatic heterocycles. The molecular formula is C27H43NO6. The first-order valence-corrected chi connectivity index (χ1v) is 12.8. The molecule has 0 aliphatic carbocycles. The lowest BCUT2D eigenvalue weighted by atomic mass is 10.1. The van der Waals surface area contributed by atoms with Gasteiger partial charge in [-0.1, -0.05) is 76.5 Å². The summed E-state index contributed by atoms with van der Waals surface area (Å²) in [7, 11) is 0. The lowest BCUT2D eigenvalue weighted by molar-refractivity contribution is -0.260. The van der Waals surface area contributed by atoms with Crippen molar-refractivity contribution in [1.29, 1.82) is 0 Å². The second-order valence-corrected chi connectivity index (χ2v) is 8.82. The first kappa shape index (κ1) is 29.5. The maximum Gasteiger partial charge on any atom is 0.372 e. The fourth-order valence-corrected chi connectivity index (χ4v) is 3.58. The highest BCUT2D eigenvalue weighted by Crippen LogP contribution is 2.23. The first-order chi connectivity index (χ1) is 16.4. The van der Waals surface area contributed by atoms with Crippen LogP contribution in [0.15, 0.2) is 30.4 Å². The van der Waals surface area contributed by atoms with Crippen LogP contribution in [0.2, 0.25) is 0 Å². The van der Waals surface area contributed by atoms with Gasteiger partial charge >= 0.3 is 11.9 Å². The molecule has 1 aromatic rings. The lowest BCUT2D eigenvalue weighted by Gasteiger charge is -2.11. The minimum absolute atomic E-state index is 0.0171. The van der Waals surface area contributed by atoms with Crippen LogP contribution in [0.4, 0.5) is 0 Å². The van der Waals surface area contributed by atoms with E-state index in [0.29, 0.717) is 12.0 Å². The zero-order valence-corrected chi connectivity index (χ0v) is 20.7. The average Bonchev–Trinajstić information content (AvgIpc) is 2.81. The van der Waals surface area contributed by atoms with E-state index in [2.05, 4.69) is 28.9 Å². The molecule has 7 nitrogen and oxygen atoms in total. The number of phenolic OH excluding ortho intramolecular Hbond substituents is 2.